The Hall–Kier alpha value is -1.15. The Bertz CT molecular complexity index is 954. The summed E-state index contributed by atoms with van der Waals surface area (Å²) in [4.78, 5) is 13.1. The van der Waals surface area contributed by atoms with Crippen LogP contribution in [0.2, 0.25) is 0 Å². The normalized spacial score (nSPS) is 22.0. The second-order valence-corrected chi connectivity index (χ2v) is 17.2. The monoisotopic (exact) mass is 830 g/mol. The molecule has 1 saturated heterocycles. The first-order valence-electron chi connectivity index (χ1n) is 24.1. The molecule has 0 saturated carbocycles. The number of allylic oxidation sites excluding steroid dienone is 2. The molecular formula is C47H91NO10. The van der Waals surface area contributed by atoms with Crippen molar-refractivity contribution in [2.45, 2.75) is 268 Å². The van der Waals surface area contributed by atoms with Crippen LogP contribution in [-0.2, 0) is 14.3 Å². The third-order valence-electron chi connectivity index (χ3n) is 11.8. The fourth-order valence-electron chi connectivity index (χ4n) is 7.79. The predicted octanol–water partition coefficient (Wildman–Crippen LogP) is 8.06. The molecule has 1 rings (SSSR count). The fraction of sp³-hybridized carbons (Fsp3) is 0.936. The fourth-order valence-corrected chi connectivity index (χ4v) is 7.79. The van der Waals surface area contributed by atoms with E-state index in [0.29, 0.717) is 12.8 Å². The van der Waals surface area contributed by atoms with Gasteiger partial charge in [-0.1, -0.05) is 187 Å². The molecule has 0 aliphatic carbocycles. The van der Waals surface area contributed by atoms with E-state index in [1.165, 1.54) is 135 Å². The van der Waals surface area contributed by atoms with Gasteiger partial charge in [-0.05, 0) is 38.5 Å². The minimum atomic E-state index is -1.66. The van der Waals surface area contributed by atoms with Crippen molar-refractivity contribution in [1.29, 1.82) is 0 Å². The first-order valence-corrected chi connectivity index (χ1v) is 24.1. The lowest BCUT2D eigenvalue weighted by atomic mass is 9.98. The number of hydrogen-bond acceptors (Lipinski definition) is 10. The highest BCUT2D eigenvalue weighted by Crippen LogP contribution is 2.23. The molecule has 0 aromatic carbocycles. The van der Waals surface area contributed by atoms with Crippen molar-refractivity contribution >= 4 is 5.91 Å². The molecular weight excluding hydrogens is 739 g/mol. The van der Waals surface area contributed by atoms with Gasteiger partial charge in [0.25, 0.3) is 0 Å². The molecule has 1 amide bonds. The Morgan fingerprint density at radius 2 is 1.02 bits per heavy atom. The van der Waals surface area contributed by atoms with Crippen LogP contribution in [0.25, 0.3) is 0 Å². The molecule has 9 atom stereocenters. The van der Waals surface area contributed by atoms with Crippen LogP contribution in [0, 0.1) is 0 Å². The number of ether oxygens (including phenoxy) is 2. The minimum absolute atomic E-state index is 0.259. The second-order valence-electron chi connectivity index (χ2n) is 17.2. The van der Waals surface area contributed by atoms with Gasteiger partial charge in [-0.2, -0.15) is 0 Å². The van der Waals surface area contributed by atoms with Crippen molar-refractivity contribution in [2.75, 3.05) is 13.2 Å². The Labute approximate surface area is 353 Å². The van der Waals surface area contributed by atoms with E-state index in [2.05, 4.69) is 31.3 Å². The number of aliphatic hydroxyl groups is 7. The van der Waals surface area contributed by atoms with Crippen molar-refractivity contribution in [3.05, 3.63) is 12.2 Å². The van der Waals surface area contributed by atoms with Gasteiger partial charge in [0.1, 0.15) is 36.6 Å². The molecule has 1 aliphatic rings. The standard InChI is InChI=1S/C47H91NO10/c1-3-5-7-9-11-13-15-17-18-19-20-21-22-23-25-27-29-31-33-35-40(51)46(56)48-38(37-57-47-45(55)44(54)43(53)41(36-49)58-47)42(52)39(50)34-32-30-28-26-24-16-14-12-10-8-6-4-2/h26,28,38-45,47,49-55H,3-25,27,29-37H2,1-2H3,(H,48,56)/b28-26-/t38-,39-,40+,41+,42+,43+,44-,45+,47+/m0/s1. The highest BCUT2D eigenvalue weighted by molar-refractivity contribution is 5.80. The second kappa shape index (κ2) is 37.6. The van der Waals surface area contributed by atoms with E-state index < -0.39 is 74.2 Å². The van der Waals surface area contributed by atoms with Crippen LogP contribution in [0.3, 0.4) is 0 Å². The van der Waals surface area contributed by atoms with Crippen LogP contribution in [0.1, 0.15) is 213 Å². The summed E-state index contributed by atoms with van der Waals surface area (Å²) in [6.07, 6.45) is 28.4. The summed E-state index contributed by atoms with van der Waals surface area (Å²) in [5.41, 5.74) is 0. The average molecular weight is 830 g/mol. The number of aliphatic hydroxyl groups excluding tert-OH is 7. The van der Waals surface area contributed by atoms with Gasteiger partial charge in [-0.25, -0.2) is 0 Å². The minimum Gasteiger partial charge on any atom is -0.394 e. The van der Waals surface area contributed by atoms with Gasteiger partial charge >= 0.3 is 0 Å². The van der Waals surface area contributed by atoms with Crippen LogP contribution in [0.4, 0.5) is 0 Å². The van der Waals surface area contributed by atoms with Gasteiger partial charge in [-0.15, -0.1) is 0 Å². The number of carbonyl (C=O) groups is 1. The van der Waals surface area contributed by atoms with Crippen molar-refractivity contribution in [3.8, 4) is 0 Å². The molecule has 11 nitrogen and oxygen atoms in total. The lowest BCUT2D eigenvalue weighted by molar-refractivity contribution is -0.303. The number of nitrogens with one attached hydrogen (secondary N) is 1. The van der Waals surface area contributed by atoms with E-state index >= 15 is 0 Å². The van der Waals surface area contributed by atoms with Crippen LogP contribution >= 0.6 is 0 Å². The summed E-state index contributed by atoms with van der Waals surface area (Å²) in [5.74, 6) is -0.704. The smallest absolute Gasteiger partial charge is 0.249 e. The van der Waals surface area contributed by atoms with E-state index in [1.807, 2.05) is 0 Å². The Morgan fingerprint density at radius 1 is 0.586 bits per heavy atom. The van der Waals surface area contributed by atoms with Gasteiger partial charge in [0.2, 0.25) is 5.91 Å². The van der Waals surface area contributed by atoms with Gasteiger partial charge in [0, 0.05) is 0 Å². The summed E-state index contributed by atoms with van der Waals surface area (Å²) >= 11 is 0. The molecule has 1 aliphatic heterocycles. The number of hydrogen-bond donors (Lipinski definition) is 8. The van der Waals surface area contributed by atoms with E-state index in [0.717, 1.165) is 38.5 Å². The van der Waals surface area contributed by atoms with Crippen molar-refractivity contribution in [3.63, 3.8) is 0 Å². The topological polar surface area (TPSA) is 189 Å². The Kier molecular flexibility index (Phi) is 35.6. The quantitative estimate of drug-likeness (QED) is 0.0222. The maximum Gasteiger partial charge on any atom is 0.249 e. The number of rotatable bonds is 40. The molecule has 0 bridgehead atoms. The third-order valence-corrected chi connectivity index (χ3v) is 11.8. The van der Waals surface area contributed by atoms with E-state index in [1.54, 1.807) is 0 Å². The molecule has 0 spiro atoms. The molecule has 58 heavy (non-hydrogen) atoms. The molecule has 1 heterocycles. The van der Waals surface area contributed by atoms with E-state index in [9.17, 15) is 40.5 Å². The molecule has 0 aromatic rings. The SMILES string of the molecule is CCCCCCCCC/C=C\CCC[C@H](O)[C@H](O)[C@H](CO[C@@H]1O[C@H](CO)[C@@H](O)[C@H](O)[C@H]1O)NC(=O)[C@H](O)CCCCCCCCCCCCCCCCCCCCC. The lowest BCUT2D eigenvalue weighted by Crippen LogP contribution is -2.60. The highest BCUT2D eigenvalue weighted by Gasteiger charge is 2.44. The predicted molar refractivity (Wildman–Crippen MR) is 233 cm³/mol. The third kappa shape index (κ3) is 26.9. The summed E-state index contributed by atoms with van der Waals surface area (Å²) in [6, 6.07) is -1.18. The van der Waals surface area contributed by atoms with Crippen LogP contribution < -0.4 is 5.32 Å². The van der Waals surface area contributed by atoms with Crippen molar-refractivity contribution < 1.29 is 50.0 Å². The zero-order valence-electron chi connectivity index (χ0n) is 37.0. The lowest BCUT2D eigenvalue weighted by Gasteiger charge is -2.40. The molecule has 0 unspecified atom stereocenters. The van der Waals surface area contributed by atoms with Gasteiger partial charge < -0.3 is 50.5 Å². The zero-order valence-corrected chi connectivity index (χ0v) is 37.0. The van der Waals surface area contributed by atoms with E-state index in [4.69, 9.17) is 9.47 Å². The summed E-state index contributed by atoms with van der Waals surface area (Å²) in [7, 11) is 0. The first-order chi connectivity index (χ1) is 28.2. The Morgan fingerprint density at radius 3 is 1.48 bits per heavy atom. The summed E-state index contributed by atoms with van der Waals surface area (Å²) < 4.78 is 11.1. The van der Waals surface area contributed by atoms with Crippen molar-refractivity contribution in [1.82, 2.24) is 5.32 Å². The molecule has 344 valence electrons. The van der Waals surface area contributed by atoms with Crippen LogP contribution in [0.5, 0.6) is 0 Å². The average Bonchev–Trinajstić information content (AvgIpc) is 3.22. The van der Waals surface area contributed by atoms with Crippen LogP contribution in [-0.4, -0.2) is 110 Å². The van der Waals surface area contributed by atoms with Gasteiger partial charge in [0.05, 0.1) is 25.4 Å². The molecule has 1 fully saturated rings. The molecule has 0 radical (unpaired) electrons. The number of unbranched alkanes of at least 4 members (excludes halogenated alkanes) is 26. The molecule has 0 aromatic heterocycles. The molecule has 8 N–H and O–H groups in total. The number of carbonyl (C=O) groups excluding carboxylic acids is 1. The number of amides is 1. The maximum atomic E-state index is 13.1. The largest absolute Gasteiger partial charge is 0.394 e. The van der Waals surface area contributed by atoms with Crippen molar-refractivity contribution in [2.24, 2.45) is 0 Å². The van der Waals surface area contributed by atoms with Gasteiger partial charge in [0.15, 0.2) is 6.29 Å². The van der Waals surface area contributed by atoms with E-state index in [-0.39, 0.29) is 12.8 Å². The Balaban J connectivity index is 2.41. The molecule has 11 heteroatoms. The first kappa shape index (κ1) is 54.9. The maximum absolute atomic E-state index is 13.1. The summed E-state index contributed by atoms with van der Waals surface area (Å²) in [5, 5.41) is 75.6. The van der Waals surface area contributed by atoms with Crippen LogP contribution in [0.15, 0.2) is 12.2 Å². The highest BCUT2D eigenvalue weighted by atomic mass is 16.7. The van der Waals surface area contributed by atoms with Gasteiger partial charge in [-0.3, -0.25) is 4.79 Å². The zero-order chi connectivity index (χ0) is 42.6. The summed E-state index contributed by atoms with van der Waals surface area (Å²) in [6.45, 7) is 3.42.